The van der Waals surface area contributed by atoms with Gasteiger partial charge in [0.05, 0.1) is 0 Å². The third kappa shape index (κ3) is 3.16. The summed E-state index contributed by atoms with van der Waals surface area (Å²) < 4.78 is 0. The SMILES string of the molecule is CCC(CC=Cc1cccs1)(c1ccsc1)N(C)C. The summed E-state index contributed by atoms with van der Waals surface area (Å²) in [6.07, 6.45) is 6.72. The van der Waals surface area contributed by atoms with Gasteiger partial charge in [0.2, 0.25) is 0 Å². The predicted molar refractivity (Wildman–Crippen MR) is 87.9 cm³/mol. The molecule has 3 heteroatoms. The monoisotopic (exact) mass is 291 g/mol. The molecule has 19 heavy (non-hydrogen) atoms. The van der Waals surface area contributed by atoms with Crippen LogP contribution in [0.3, 0.4) is 0 Å². The van der Waals surface area contributed by atoms with Crippen molar-refractivity contribution >= 4 is 28.7 Å². The fourth-order valence-electron chi connectivity index (χ4n) is 2.51. The van der Waals surface area contributed by atoms with E-state index in [-0.39, 0.29) is 5.54 Å². The summed E-state index contributed by atoms with van der Waals surface area (Å²) in [5, 5.41) is 6.58. The summed E-state index contributed by atoms with van der Waals surface area (Å²) in [6, 6.07) is 6.52. The minimum atomic E-state index is 0.119. The zero-order chi connectivity index (χ0) is 13.7. The third-order valence-corrected chi connectivity index (χ3v) is 5.30. The van der Waals surface area contributed by atoms with E-state index in [1.165, 1.54) is 10.4 Å². The molecule has 2 aromatic rings. The Hall–Kier alpha value is -0.900. The van der Waals surface area contributed by atoms with Gasteiger partial charge in [0.15, 0.2) is 0 Å². The molecule has 0 N–H and O–H groups in total. The molecule has 0 spiro atoms. The highest BCUT2D eigenvalue weighted by molar-refractivity contribution is 7.10. The second-order valence-corrected chi connectivity index (χ2v) is 6.67. The van der Waals surface area contributed by atoms with E-state index < -0.39 is 0 Å². The van der Waals surface area contributed by atoms with Crippen LogP contribution in [0.25, 0.3) is 6.08 Å². The molecule has 0 aliphatic rings. The van der Waals surface area contributed by atoms with Crippen molar-refractivity contribution in [1.82, 2.24) is 4.90 Å². The van der Waals surface area contributed by atoms with Crippen molar-refractivity contribution in [2.75, 3.05) is 14.1 Å². The number of rotatable bonds is 6. The maximum Gasteiger partial charge on any atom is 0.0495 e. The van der Waals surface area contributed by atoms with E-state index in [2.05, 4.69) is 72.4 Å². The van der Waals surface area contributed by atoms with Gasteiger partial charge < -0.3 is 0 Å². The van der Waals surface area contributed by atoms with Crippen molar-refractivity contribution in [3.63, 3.8) is 0 Å². The molecule has 0 fully saturated rings. The van der Waals surface area contributed by atoms with Gasteiger partial charge in [-0.15, -0.1) is 11.3 Å². The minimum Gasteiger partial charge on any atom is -0.299 e. The van der Waals surface area contributed by atoms with Crippen LogP contribution in [0.5, 0.6) is 0 Å². The number of hydrogen-bond acceptors (Lipinski definition) is 3. The summed E-state index contributed by atoms with van der Waals surface area (Å²) in [5.74, 6) is 0. The topological polar surface area (TPSA) is 3.24 Å². The fourth-order valence-corrected chi connectivity index (χ4v) is 3.90. The van der Waals surface area contributed by atoms with E-state index in [0.717, 1.165) is 12.8 Å². The lowest BCUT2D eigenvalue weighted by atomic mass is 9.84. The molecule has 102 valence electrons. The minimum absolute atomic E-state index is 0.119. The van der Waals surface area contributed by atoms with E-state index in [0.29, 0.717) is 0 Å². The first kappa shape index (κ1) is 14.5. The molecule has 1 atom stereocenters. The van der Waals surface area contributed by atoms with Crippen molar-refractivity contribution in [3.05, 3.63) is 50.9 Å². The quantitative estimate of drug-likeness (QED) is 0.717. The van der Waals surface area contributed by atoms with Crippen LogP contribution in [0.1, 0.15) is 30.2 Å². The maximum atomic E-state index is 2.35. The first-order valence-electron chi connectivity index (χ1n) is 6.59. The second-order valence-electron chi connectivity index (χ2n) is 4.91. The largest absolute Gasteiger partial charge is 0.299 e. The van der Waals surface area contributed by atoms with Gasteiger partial charge in [-0.25, -0.2) is 0 Å². The molecule has 2 rings (SSSR count). The third-order valence-electron chi connectivity index (χ3n) is 3.78. The Balaban J connectivity index is 2.19. The Bertz CT molecular complexity index is 497. The van der Waals surface area contributed by atoms with Crippen LogP contribution in [0.2, 0.25) is 0 Å². The summed E-state index contributed by atoms with van der Waals surface area (Å²) in [6.45, 7) is 2.27. The van der Waals surface area contributed by atoms with Gasteiger partial charge in [-0.1, -0.05) is 19.1 Å². The molecule has 0 amide bonds. The Morgan fingerprint density at radius 1 is 1.26 bits per heavy atom. The van der Waals surface area contributed by atoms with Crippen molar-refractivity contribution in [3.8, 4) is 0 Å². The van der Waals surface area contributed by atoms with Gasteiger partial charge in [-0.3, -0.25) is 4.90 Å². The van der Waals surface area contributed by atoms with E-state index in [1.54, 1.807) is 22.7 Å². The van der Waals surface area contributed by atoms with Crippen molar-refractivity contribution in [1.29, 1.82) is 0 Å². The lowest BCUT2D eigenvalue weighted by Crippen LogP contribution is -2.40. The standard InChI is InChI=1S/C16H21NS2/c1-4-16(17(2)3,14-9-12-18-13-14)10-5-7-15-8-6-11-19-15/h5-9,11-13H,4,10H2,1-3H3. The normalized spacial score (nSPS) is 15.2. The molecule has 0 radical (unpaired) electrons. The summed E-state index contributed by atoms with van der Waals surface area (Å²) in [4.78, 5) is 3.68. The number of hydrogen-bond donors (Lipinski definition) is 0. The molecule has 1 nitrogen and oxygen atoms in total. The molecule has 0 aromatic carbocycles. The lowest BCUT2D eigenvalue weighted by molar-refractivity contribution is 0.148. The van der Waals surface area contributed by atoms with Crippen molar-refractivity contribution in [2.24, 2.45) is 0 Å². The van der Waals surface area contributed by atoms with Gasteiger partial charge in [0, 0.05) is 10.4 Å². The van der Waals surface area contributed by atoms with Crippen LogP contribution in [0, 0.1) is 0 Å². The number of nitrogens with zero attached hydrogens (tertiary/aromatic N) is 1. The molecule has 1 unspecified atom stereocenters. The van der Waals surface area contributed by atoms with Crippen molar-refractivity contribution < 1.29 is 0 Å². The Labute approximate surface area is 124 Å². The smallest absolute Gasteiger partial charge is 0.0495 e. The van der Waals surface area contributed by atoms with E-state index in [1.807, 2.05) is 0 Å². The molecule has 0 saturated heterocycles. The highest BCUT2D eigenvalue weighted by Crippen LogP contribution is 2.35. The predicted octanol–water partition coefficient (Wildman–Crippen LogP) is 5.08. The average Bonchev–Trinajstić information content (AvgIpc) is 3.07. The molecular weight excluding hydrogens is 270 g/mol. The van der Waals surface area contributed by atoms with Gasteiger partial charge in [-0.05, 0) is 66.8 Å². The van der Waals surface area contributed by atoms with Crippen LogP contribution in [-0.2, 0) is 5.54 Å². The lowest BCUT2D eigenvalue weighted by Gasteiger charge is -2.38. The van der Waals surface area contributed by atoms with Crippen LogP contribution >= 0.6 is 22.7 Å². The molecule has 2 aromatic heterocycles. The molecule has 0 bridgehead atoms. The first-order valence-corrected chi connectivity index (χ1v) is 8.41. The van der Waals surface area contributed by atoms with Crippen LogP contribution < -0.4 is 0 Å². The Morgan fingerprint density at radius 3 is 2.63 bits per heavy atom. The van der Waals surface area contributed by atoms with Gasteiger partial charge in [-0.2, -0.15) is 11.3 Å². The average molecular weight is 291 g/mol. The molecular formula is C16H21NS2. The van der Waals surface area contributed by atoms with Gasteiger partial charge in [0.1, 0.15) is 0 Å². The zero-order valence-electron chi connectivity index (χ0n) is 11.8. The highest BCUT2D eigenvalue weighted by Gasteiger charge is 2.31. The van der Waals surface area contributed by atoms with E-state index in [4.69, 9.17) is 0 Å². The molecule has 0 aliphatic heterocycles. The fraction of sp³-hybridized carbons (Fsp3) is 0.375. The molecule has 0 saturated carbocycles. The van der Waals surface area contributed by atoms with Gasteiger partial charge >= 0.3 is 0 Å². The van der Waals surface area contributed by atoms with Crippen LogP contribution in [0.4, 0.5) is 0 Å². The summed E-state index contributed by atoms with van der Waals surface area (Å²) in [5.41, 5.74) is 1.55. The molecule has 0 aliphatic carbocycles. The summed E-state index contributed by atoms with van der Waals surface area (Å²) >= 11 is 3.57. The van der Waals surface area contributed by atoms with Crippen LogP contribution in [-0.4, -0.2) is 19.0 Å². The van der Waals surface area contributed by atoms with Crippen molar-refractivity contribution in [2.45, 2.75) is 25.3 Å². The zero-order valence-corrected chi connectivity index (χ0v) is 13.4. The van der Waals surface area contributed by atoms with Gasteiger partial charge in [0.25, 0.3) is 0 Å². The molecule has 2 heterocycles. The Morgan fingerprint density at radius 2 is 2.11 bits per heavy atom. The second kappa shape index (κ2) is 6.51. The van der Waals surface area contributed by atoms with E-state index >= 15 is 0 Å². The maximum absolute atomic E-state index is 2.35. The highest BCUT2D eigenvalue weighted by atomic mass is 32.1. The van der Waals surface area contributed by atoms with E-state index in [9.17, 15) is 0 Å². The summed E-state index contributed by atoms with van der Waals surface area (Å²) in [7, 11) is 4.36. The number of thiophene rings is 2. The first-order chi connectivity index (χ1) is 9.19. The Kier molecular flexibility index (Phi) is 4.97. The van der Waals surface area contributed by atoms with Crippen LogP contribution in [0.15, 0.2) is 40.4 Å².